The normalized spacial score (nSPS) is 15.5. The van der Waals surface area contributed by atoms with Crippen LogP contribution in [0.2, 0.25) is 0 Å². The lowest BCUT2D eigenvalue weighted by Gasteiger charge is -2.28. The largest absolute Gasteiger partial charge is 0.369 e. The second kappa shape index (κ2) is 7.24. The first kappa shape index (κ1) is 19.5. The van der Waals surface area contributed by atoms with Gasteiger partial charge in [-0.25, -0.2) is 4.98 Å². The van der Waals surface area contributed by atoms with Gasteiger partial charge < -0.3 is 5.73 Å². The number of benzene rings is 1. The Kier molecular flexibility index (Phi) is 5.05. The standard InChI is InChI=1S/C20H21N3O2S3/c1-11-4-6-12(7-5-11)23-18(25)16-13-8-20(2,3)27-9-14(13)28-17(16)22-19(23)26-10-15(21)24/h4-7H,8-10H2,1-3H3,(H2,21,24). The zero-order valence-corrected chi connectivity index (χ0v) is 18.4. The fourth-order valence-corrected chi connectivity index (χ4v) is 6.46. The summed E-state index contributed by atoms with van der Waals surface area (Å²) in [7, 11) is 0. The highest BCUT2D eigenvalue weighted by atomic mass is 32.2. The van der Waals surface area contributed by atoms with E-state index in [1.807, 2.05) is 43.0 Å². The molecular formula is C20H21N3O2S3. The number of nitrogens with two attached hydrogens (primary N) is 1. The molecule has 3 aromatic rings. The molecule has 1 aliphatic rings. The average Bonchev–Trinajstić information content (AvgIpc) is 2.97. The zero-order chi connectivity index (χ0) is 20.1. The molecule has 0 unspecified atom stereocenters. The van der Waals surface area contributed by atoms with E-state index in [1.54, 1.807) is 15.9 Å². The van der Waals surface area contributed by atoms with Gasteiger partial charge in [0.2, 0.25) is 5.91 Å². The van der Waals surface area contributed by atoms with Crippen LogP contribution < -0.4 is 11.3 Å². The number of carbonyl (C=O) groups is 1. The number of aromatic nitrogens is 2. The molecule has 146 valence electrons. The molecule has 1 aromatic carbocycles. The molecule has 4 rings (SSSR count). The number of carbonyl (C=O) groups excluding carboxylic acids is 1. The van der Waals surface area contributed by atoms with E-state index in [9.17, 15) is 9.59 Å². The SMILES string of the molecule is Cc1ccc(-n2c(SCC(N)=O)nc3sc4c(c3c2=O)CC(C)(C)SC4)cc1. The number of aryl methyl sites for hydroxylation is 1. The molecule has 0 bridgehead atoms. The Bertz CT molecular complexity index is 1130. The maximum atomic E-state index is 13.6. The predicted octanol–water partition coefficient (Wildman–Crippen LogP) is 3.90. The summed E-state index contributed by atoms with van der Waals surface area (Å²) in [6, 6.07) is 7.77. The van der Waals surface area contributed by atoms with E-state index in [0.717, 1.165) is 39.2 Å². The number of primary amides is 1. The molecule has 3 heterocycles. The fraction of sp³-hybridized carbons (Fsp3) is 0.350. The van der Waals surface area contributed by atoms with E-state index in [-0.39, 0.29) is 16.1 Å². The van der Waals surface area contributed by atoms with Crippen molar-refractivity contribution in [2.45, 2.75) is 42.8 Å². The summed E-state index contributed by atoms with van der Waals surface area (Å²) in [6.07, 6.45) is 0.853. The quantitative estimate of drug-likeness (QED) is 0.501. The number of hydrogen-bond acceptors (Lipinski definition) is 6. The first-order valence-corrected chi connectivity index (χ1v) is 11.7. The third-order valence-electron chi connectivity index (χ3n) is 4.71. The van der Waals surface area contributed by atoms with E-state index in [1.165, 1.54) is 16.6 Å². The number of nitrogens with zero attached hydrogens (tertiary/aromatic N) is 2. The third kappa shape index (κ3) is 3.60. The first-order valence-electron chi connectivity index (χ1n) is 8.94. The Balaban J connectivity index is 1.97. The van der Waals surface area contributed by atoms with Gasteiger partial charge in [0.1, 0.15) is 4.83 Å². The van der Waals surface area contributed by atoms with Crippen LogP contribution >= 0.6 is 34.9 Å². The minimum absolute atomic E-state index is 0.0685. The number of fused-ring (bicyclic) bond motifs is 3. The zero-order valence-electron chi connectivity index (χ0n) is 15.9. The number of thioether (sulfide) groups is 2. The summed E-state index contributed by atoms with van der Waals surface area (Å²) in [6.45, 7) is 6.44. The Labute approximate surface area is 175 Å². The van der Waals surface area contributed by atoms with Gasteiger partial charge >= 0.3 is 0 Å². The topological polar surface area (TPSA) is 78.0 Å². The summed E-state index contributed by atoms with van der Waals surface area (Å²) in [4.78, 5) is 31.7. The molecule has 0 spiro atoms. The maximum Gasteiger partial charge on any atom is 0.267 e. The van der Waals surface area contributed by atoms with Crippen molar-refractivity contribution in [3.63, 3.8) is 0 Å². The Morgan fingerprint density at radius 1 is 1.32 bits per heavy atom. The molecule has 0 radical (unpaired) electrons. The average molecular weight is 432 g/mol. The second-order valence-corrected chi connectivity index (χ2v) is 11.2. The van der Waals surface area contributed by atoms with Crippen LogP contribution in [0.25, 0.3) is 15.9 Å². The van der Waals surface area contributed by atoms with Crippen molar-refractivity contribution < 1.29 is 4.79 Å². The summed E-state index contributed by atoms with van der Waals surface area (Å²) < 4.78 is 1.72. The summed E-state index contributed by atoms with van der Waals surface area (Å²) in [5, 5.41) is 1.23. The highest BCUT2D eigenvalue weighted by molar-refractivity contribution is 8.00. The number of rotatable bonds is 4. The molecule has 1 amide bonds. The van der Waals surface area contributed by atoms with Crippen LogP contribution in [0.1, 0.15) is 29.9 Å². The van der Waals surface area contributed by atoms with Crippen LogP contribution in [-0.2, 0) is 17.0 Å². The van der Waals surface area contributed by atoms with Crippen LogP contribution in [0, 0.1) is 6.92 Å². The lowest BCUT2D eigenvalue weighted by molar-refractivity contribution is -0.115. The van der Waals surface area contributed by atoms with Gasteiger partial charge in [0.05, 0.1) is 16.8 Å². The van der Waals surface area contributed by atoms with Crippen LogP contribution in [0.15, 0.2) is 34.2 Å². The van der Waals surface area contributed by atoms with Gasteiger partial charge in [-0.15, -0.1) is 23.1 Å². The van der Waals surface area contributed by atoms with E-state index >= 15 is 0 Å². The van der Waals surface area contributed by atoms with Gasteiger partial charge in [0, 0.05) is 15.4 Å². The Hall–Kier alpha value is -1.77. The molecule has 2 aromatic heterocycles. The van der Waals surface area contributed by atoms with Crippen LogP contribution in [-0.4, -0.2) is 26.0 Å². The highest BCUT2D eigenvalue weighted by Gasteiger charge is 2.31. The van der Waals surface area contributed by atoms with Crippen molar-refractivity contribution >= 4 is 51.0 Å². The first-order chi connectivity index (χ1) is 13.2. The molecule has 5 nitrogen and oxygen atoms in total. The number of amides is 1. The maximum absolute atomic E-state index is 13.6. The van der Waals surface area contributed by atoms with Gasteiger partial charge in [-0.2, -0.15) is 0 Å². The van der Waals surface area contributed by atoms with Crippen molar-refractivity contribution in [1.82, 2.24) is 9.55 Å². The van der Waals surface area contributed by atoms with E-state index < -0.39 is 5.91 Å². The number of hydrogen-bond donors (Lipinski definition) is 1. The Morgan fingerprint density at radius 3 is 2.71 bits per heavy atom. The minimum Gasteiger partial charge on any atom is -0.369 e. The van der Waals surface area contributed by atoms with Crippen LogP contribution in [0.3, 0.4) is 0 Å². The molecule has 1 aliphatic heterocycles. The molecule has 2 N–H and O–H groups in total. The van der Waals surface area contributed by atoms with E-state index in [0.29, 0.717) is 5.16 Å². The summed E-state index contributed by atoms with van der Waals surface area (Å²) >= 11 is 4.71. The Morgan fingerprint density at radius 2 is 2.04 bits per heavy atom. The van der Waals surface area contributed by atoms with Gasteiger partial charge in [-0.1, -0.05) is 43.3 Å². The summed E-state index contributed by atoms with van der Waals surface area (Å²) in [5.41, 5.74) is 8.26. The molecule has 0 atom stereocenters. The summed E-state index contributed by atoms with van der Waals surface area (Å²) in [5.74, 6) is 0.549. The van der Waals surface area contributed by atoms with Crippen molar-refractivity contribution in [1.29, 1.82) is 0 Å². The monoisotopic (exact) mass is 431 g/mol. The molecule has 8 heteroatoms. The van der Waals surface area contributed by atoms with Gasteiger partial charge in [-0.3, -0.25) is 14.2 Å². The minimum atomic E-state index is -0.432. The highest BCUT2D eigenvalue weighted by Crippen LogP contribution is 2.44. The lowest BCUT2D eigenvalue weighted by Crippen LogP contribution is -2.26. The van der Waals surface area contributed by atoms with Crippen LogP contribution in [0.5, 0.6) is 0 Å². The smallest absolute Gasteiger partial charge is 0.267 e. The van der Waals surface area contributed by atoms with Crippen LogP contribution in [0.4, 0.5) is 0 Å². The molecule has 28 heavy (non-hydrogen) atoms. The molecule has 0 saturated carbocycles. The van der Waals surface area contributed by atoms with Gasteiger partial charge in [0.15, 0.2) is 5.16 Å². The molecule has 0 saturated heterocycles. The fourth-order valence-electron chi connectivity index (χ4n) is 3.33. The molecular weight excluding hydrogens is 410 g/mol. The van der Waals surface area contributed by atoms with Gasteiger partial charge in [-0.05, 0) is 31.0 Å². The molecule has 0 fully saturated rings. The third-order valence-corrected chi connectivity index (χ3v) is 8.34. The van der Waals surface area contributed by atoms with Crippen molar-refractivity contribution in [2.24, 2.45) is 5.73 Å². The van der Waals surface area contributed by atoms with Crippen molar-refractivity contribution in [3.05, 3.63) is 50.6 Å². The van der Waals surface area contributed by atoms with E-state index in [4.69, 9.17) is 10.7 Å². The molecule has 0 aliphatic carbocycles. The van der Waals surface area contributed by atoms with E-state index in [2.05, 4.69) is 13.8 Å². The van der Waals surface area contributed by atoms with Gasteiger partial charge in [0.25, 0.3) is 5.56 Å². The predicted molar refractivity (Wildman–Crippen MR) is 119 cm³/mol. The van der Waals surface area contributed by atoms with Crippen molar-refractivity contribution in [2.75, 3.05) is 5.75 Å². The number of thiophene rings is 1. The second-order valence-electron chi connectivity index (χ2n) is 7.53. The van der Waals surface area contributed by atoms with Crippen molar-refractivity contribution in [3.8, 4) is 5.69 Å². The lowest BCUT2D eigenvalue weighted by atomic mass is 10.00.